The van der Waals surface area contributed by atoms with Crippen LogP contribution in [0.3, 0.4) is 0 Å². The van der Waals surface area contributed by atoms with Gasteiger partial charge >= 0.3 is 0 Å². The molecule has 0 radical (unpaired) electrons. The van der Waals surface area contributed by atoms with E-state index in [4.69, 9.17) is 9.47 Å². The van der Waals surface area contributed by atoms with Gasteiger partial charge in [0.1, 0.15) is 17.3 Å². The summed E-state index contributed by atoms with van der Waals surface area (Å²) in [5, 5.41) is 9.49. The number of nitrogens with zero attached hydrogens (tertiary/aromatic N) is 3. The maximum atomic E-state index is 14.1. The SMILES string of the molecule is COc1ccc(-c2nnc(SCc3ccccc3F)n2-c2ccc(OC)cc2)cc1. The molecule has 0 N–H and O–H groups in total. The van der Waals surface area contributed by atoms with Crippen LogP contribution in [0.15, 0.2) is 78.0 Å². The molecule has 1 aromatic heterocycles. The first-order chi connectivity index (χ1) is 14.7. The highest BCUT2D eigenvalue weighted by Crippen LogP contribution is 2.31. The molecule has 7 heteroatoms. The maximum Gasteiger partial charge on any atom is 0.196 e. The molecule has 0 unspecified atom stereocenters. The van der Waals surface area contributed by atoms with E-state index in [1.807, 2.05) is 59.2 Å². The first-order valence-corrected chi connectivity index (χ1v) is 10.3. The summed E-state index contributed by atoms with van der Waals surface area (Å²) in [6, 6.07) is 22.1. The Hall–Kier alpha value is -3.32. The first-order valence-electron chi connectivity index (χ1n) is 9.30. The third kappa shape index (κ3) is 4.16. The fourth-order valence-electron chi connectivity index (χ4n) is 3.01. The number of ether oxygens (including phenoxy) is 2. The van der Waals surface area contributed by atoms with Crippen LogP contribution < -0.4 is 9.47 Å². The third-order valence-electron chi connectivity index (χ3n) is 4.63. The van der Waals surface area contributed by atoms with Crippen LogP contribution in [-0.2, 0) is 5.75 Å². The van der Waals surface area contributed by atoms with Gasteiger partial charge in [0, 0.05) is 17.0 Å². The highest BCUT2D eigenvalue weighted by Gasteiger charge is 2.17. The Morgan fingerprint density at radius 3 is 2.10 bits per heavy atom. The zero-order valence-electron chi connectivity index (χ0n) is 16.6. The van der Waals surface area contributed by atoms with Crippen LogP contribution in [0.5, 0.6) is 11.5 Å². The molecule has 3 aromatic carbocycles. The van der Waals surface area contributed by atoms with E-state index in [2.05, 4.69) is 10.2 Å². The van der Waals surface area contributed by atoms with Crippen LogP contribution in [-0.4, -0.2) is 29.0 Å². The van der Waals surface area contributed by atoms with Gasteiger partial charge in [0.05, 0.1) is 14.2 Å². The molecule has 1 heterocycles. The molecule has 0 fully saturated rings. The molecule has 30 heavy (non-hydrogen) atoms. The molecule has 0 amide bonds. The Bertz CT molecular complexity index is 1130. The summed E-state index contributed by atoms with van der Waals surface area (Å²) >= 11 is 1.44. The highest BCUT2D eigenvalue weighted by molar-refractivity contribution is 7.98. The fourth-order valence-corrected chi connectivity index (χ4v) is 3.95. The minimum absolute atomic E-state index is 0.226. The summed E-state index contributed by atoms with van der Waals surface area (Å²) in [7, 11) is 3.26. The zero-order valence-corrected chi connectivity index (χ0v) is 17.4. The molecule has 152 valence electrons. The number of hydrogen-bond donors (Lipinski definition) is 0. The third-order valence-corrected chi connectivity index (χ3v) is 5.60. The van der Waals surface area contributed by atoms with Gasteiger partial charge in [-0.15, -0.1) is 10.2 Å². The van der Waals surface area contributed by atoms with Crippen LogP contribution in [0.1, 0.15) is 5.56 Å². The average Bonchev–Trinajstić information content (AvgIpc) is 3.22. The quantitative estimate of drug-likeness (QED) is 0.375. The average molecular weight is 421 g/mol. The molecule has 5 nitrogen and oxygen atoms in total. The van der Waals surface area contributed by atoms with Crippen molar-refractivity contribution in [3.63, 3.8) is 0 Å². The summed E-state index contributed by atoms with van der Waals surface area (Å²) in [4.78, 5) is 0. The van der Waals surface area contributed by atoms with Crippen molar-refractivity contribution >= 4 is 11.8 Å². The molecular weight excluding hydrogens is 401 g/mol. The van der Waals surface area contributed by atoms with Gasteiger partial charge in [-0.05, 0) is 60.2 Å². The molecule has 4 aromatic rings. The summed E-state index contributed by atoms with van der Waals surface area (Å²) in [6.45, 7) is 0. The lowest BCUT2D eigenvalue weighted by Crippen LogP contribution is -2.00. The Kier molecular flexibility index (Phi) is 5.99. The van der Waals surface area contributed by atoms with Crippen molar-refractivity contribution in [2.45, 2.75) is 10.9 Å². The van der Waals surface area contributed by atoms with Gasteiger partial charge in [-0.3, -0.25) is 4.57 Å². The van der Waals surface area contributed by atoms with Crippen LogP contribution in [0.4, 0.5) is 4.39 Å². The van der Waals surface area contributed by atoms with Crippen molar-refractivity contribution in [3.8, 4) is 28.6 Å². The second-order valence-electron chi connectivity index (χ2n) is 6.45. The normalized spacial score (nSPS) is 10.8. The minimum atomic E-state index is -0.226. The predicted octanol–water partition coefficient (Wildman–Crippen LogP) is 5.38. The van der Waals surface area contributed by atoms with Crippen LogP contribution in [0.25, 0.3) is 17.1 Å². The minimum Gasteiger partial charge on any atom is -0.497 e. The maximum absolute atomic E-state index is 14.1. The van der Waals surface area contributed by atoms with Gasteiger partial charge in [0.2, 0.25) is 0 Å². The Morgan fingerprint density at radius 2 is 1.47 bits per heavy atom. The Balaban J connectivity index is 1.73. The molecular formula is C23H20FN3O2S. The molecule has 0 spiro atoms. The lowest BCUT2D eigenvalue weighted by atomic mass is 10.2. The van der Waals surface area contributed by atoms with E-state index in [1.165, 1.54) is 17.8 Å². The number of rotatable bonds is 7. The largest absolute Gasteiger partial charge is 0.497 e. The second-order valence-corrected chi connectivity index (χ2v) is 7.39. The van der Waals surface area contributed by atoms with E-state index in [-0.39, 0.29) is 5.82 Å². The van der Waals surface area contributed by atoms with Crippen LogP contribution in [0.2, 0.25) is 0 Å². The number of thioether (sulfide) groups is 1. The Labute approximate surface area is 178 Å². The van der Waals surface area contributed by atoms with E-state index in [0.29, 0.717) is 22.3 Å². The van der Waals surface area contributed by atoms with Crippen LogP contribution >= 0.6 is 11.8 Å². The summed E-state index contributed by atoms with van der Waals surface area (Å²) in [5.41, 5.74) is 2.41. The number of benzene rings is 3. The topological polar surface area (TPSA) is 49.2 Å². The number of hydrogen-bond acceptors (Lipinski definition) is 5. The van der Waals surface area contributed by atoms with Crippen molar-refractivity contribution in [3.05, 3.63) is 84.2 Å². The van der Waals surface area contributed by atoms with E-state index in [1.54, 1.807) is 26.4 Å². The van der Waals surface area contributed by atoms with E-state index < -0.39 is 0 Å². The van der Waals surface area contributed by atoms with Gasteiger partial charge in [-0.1, -0.05) is 30.0 Å². The molecule has 0 saturated carbocycles. The smallest absolute Gasteiger partial charge is 0.196 e. The summed E-state index contributed by atoms with van der Waals surface area (Å²) < 4.78 is 26.6. The van der Waals surface area contributed by atoms with Crippen LogP contribution in [0, 0.1) is 5.82 Å². The standard InChI is InChI=1S/C23H20FN3O2S/c1-28-19-11-7-16(8-12-19)22-25-26-23(30-15-17-5-3-4-6-21(17)24)27(22)18-9-13-20(29-2)14-10-18/h3-14H,15H2,1-2H3. The van der Waals surface area contributed by atoms with Crippen molar-refractivity contribution in [1.29, 1.82) is 0 Å². The van der Waals surface area contributed by atoms with Crippen molar-refractivity contribution in [2.24, 2.45) is 0 Å². The highest BCUT2D eigenvalue weighted by atomic mass is 32.2. The first kappa shape index (κ1) is 20.0. The fraction of sp³-hybridized carbons (Fsp3) is 0.130. The van der Waals surface area contributed by atoms with Gasteiger partial charge < -0.3 is 9.47 Å². The molecule has 0 aliphatic rings. The van der Waals surface area contributed by atoms with Gasteiger partial charge in [0.25, 0.3) is 0 Å². The Morgan fingerprint density at radius 1 is 0.833 bits per heavy atom. The number of methoxy groups -OCH3 is 2. The molecule has 0 bridgehead atoms. The molecule has 4 rings (SSSR count). The van der Waals surface area contributed by atoms with Crippen molar-refractivity contribution < 1.29 is 13.9 Å². The predicted molar refractivity (Wildman–Crippen MR) is 116 cm³/mol. The van der Waals surface area contributed by atoms with E-state index >= 15 is 0 Å². The monoisotopic (exact) mass is 421 g/mol. The molecule has 0 aliphatic carbocycles. The van der Waals surface area contributed by atoms with Gasteiger partial charge in [-0.25, -0.2) is 4.39 Å². The van der Waals surface area contributed by atoms with E-state index in [9.17, 15) is 4.39 Å². The molecule has 0 atom stereocenters. The summed E-state index contributed by atoms with van der Waals surface area (Å²) in [5.74, 6) is 2.44. The van der Waals surface area contributed by atoms with E-state index in [0.717, 1.165) is 22.7 Å². The zero-order chi connectivity index (χ0) is 20.9. The van der Waals surface area contributed by atoms with Crippen molar-refractivity contribution in [1.82, 2.24) is 14.8 Å². The number of halogens is 1. The van der Waals surface area contributed by atoms with Gasteiger partial charge in [-0.2, -0.15) is 0 Å². The lowest BCUT2D eigenvalue weighted by molar-refractivity contribution is 0.414. The summed E-state index contributed by atoms with van der Waals surface area (Å²) in [6.07, 6.45) is 0. The number of aromatic nitrogens is 3. The molecule has 0 saturated heterocycles. The second kappa shape index (κ2) is 9.00. The molecule has 0 aliphatic heterocycles. The lowest BCUT2D eigenvalue weighted by Gasteiger charge is -2.11. The van der Waals surface area contributed by atoms with Gasteiger partial charge in [0.15, 0.2) is 11.0 Å². The van der Waals surface area contributed by atoms with Crippen molar-refractivity contribution in [2.75, 3.05) is 14.2 Å².